The summed E-state index contributed by atoms with van der Waals surface area (Å²) in [6.45, 7) is 0. The highest BCUT2D eigenvalue weighted by molar-refractivity contribution is 7.16. The maximum Gasteiger partial charge on any atom is 0.265 e. The average Bonchev–Trinajstić information content (AvgIpc) is 2.86. The van der Waals surface area contributed by atoms with Gasteiger partial charge in [-0.3, -0.25) is 4.79 Å². The molecule has 2 heterocycles. The molecule has 2 aromatic heterocycles. The highest BCUT2D eigenvalue weighted by Gasteiger charge is 2.13. The standard InChI is InChI=1S/C10H10N2O2S/c1-12(2)10(13)8-5-11-9(15-8)7-3-4-14-6-7/h3-6H,1-2H3. The van der Waals surface area contributed by atoms with E-state index in [-0.39, 0.29) is 5.91 Å². The number of nitrogens with zero attached hydrogens (tertiary/aromatic N) is 2. The highest BCUT2D eigenvalue weighted by atomic mass is 32.1. The van der Waals surface area contributed by atoms with Gasteiger partial charge in [-0.05, 0) is 6.07 Å². The van der Waals surface area contributed by atoms with Gasteiger partial charge in [-0.25, -0.2) is 4.98 Å². The van der Waals surface area contributed by atoms with Crippen LogP contribution >= 0.6 is 11.3 Å². The van der Waals surface area contributed by atoms with Crippen LogP contribution in [0.5, 0.6) is 0 Å². The Morgan fingerprint density at radius 2 is 2.33 bits per heavy atom. The Morgan fingerprint density at radius 3 is 2.93 bits per heavy atom. The highest BCUT2D eigenvalue weighted by Crippen LogP contribution is 2.25. The molecule has 2 aromatic rings. The van der Waals surface area contributed by atoms with Crippen LogP contribution in [-0.2, 0) is 0 Å². The molecule has 0 atom stereocenters. The van der Waals surface area contributed by atoms with Crippen LogP contribution in [0.25, 0.3) is 10.6 Å². The first-order chi connectivity index (χ1) is 7.18. The number of carbonyl (C=O) groups is 1. The molecule has 78 valence electrons. The summed E-state index contributed by atoms with van der Waals surface area (Å²) in [5.41, 5.74) is 0.901. The monoisotopic (exact) mass is 222 g/mol. The predicted octanol–water partition coefficient (Wildman–Crippen LogP) is 2.10. The van der Waals surface area contributed by atoms with Crippen molar-refractivity contribution in [2.75, 3.05) is 14.1 Å². The summed E-state index contributed by atoms with van der Waals surface area (Å²) in [6, 6.07) is 1.82. The fourth-order valence-electron chi connectivity index (χ4n) is 1.11. The van der Waals surface area contributed by atoms with Gasteiger partial charge in [0.2, 0.25) is 0 Å². The lowest BCUT2D eigenvalue weighted by atomic mass is 10.4. The van der Waals surface area contributed by atoms with Crippen LogP contribution < -0.4 is 0 Å². The number of thiazole rings is 1. The van der Waals surface area contributed by atoms with Crippen molar-refractivity contribution < 1.29 is 9.21 Å². The van der Waals surface area contributed by atoms with Gasteiger partial charge in [-0.15, -0.1) is 11.3 Å². The molecule has 0 aliphatic heterocycles. The number of hydrogen-bond acceptors (Lipinski definition) is 4. The van der Waals surface area contributed by atoms with E-state index >= 15 is 0 Å². The Bertz CT molecular complexity index is 459. The zero-order valence-corrected chi connectivity index (χ0v) is 9.25. The van der Waals surface area contributed by atoms with Gasteiger partial charge in [-0.1, -0.05) is 0 Å². The van der Waals surface area contributed by atoms with E-state index in [0.717, 1.165) is 10.6 Å². The summed E-state index contributed by atoms with van der Waals surface area (Å²) >= 11 is 1.36. The van der Waals surface area contributed by atoms with Crippen LogP contribution in [0.1, 0.15) is 9.67 Å². The van der Waals surface area contributed by atoms with Gasteiger partial charge in [-0.2, -0.15) is 0 Å². The average molecular weight is 222 g/mol. The summed E-state index contributed by atoms with van der Waals surface area (Å²) in [4.78, 5) is 17.9. The van der Waals surface area contributed by atoms with Crippen LogP contribution in [0.4, 0.5) is 0 Å². The number of carbonyl (C=O) groups excluding carboxylic acids is 1. The fraction of sp³-hybridized carbons (Fsp3) is 0.200. The normalized spacial score (nSPS) is 10.3. The second-order valence-electron chi connectivity index (χ2n) is 3.24. The van der Waals surface area contributed by atoms with E-state index in [2.05, 4.69) is 4.98 Å². The zero-order valence-electron chi connectivity index (χ0n) is 8.43. The van der Waals surface area contributed by atoms with Crippen molar-refractivity contribution in [1.29, 1.82) is 0 Å². The molecule has 0 saturated heterocycles. The SMILES string of the molecule is CN(C)C(=O)c1cnc(-c2ccoc2)s1. The number of rotatable bonds is 2. The Morgan fingerprint density at radius 1 is 1.53 bits per heavy atom. The Labute approximate surface area is 91.2 Å². The van der Waals surface area contributed by atoms with E-state index in [1.807, 2.05) is 6.07 Å². The molecule has 0 aliphatic carbocycles. The first-order valence-corrected chi connectivity index (χ1v) is 5.20. The lowest BCUT2D eigenvalue weighted by molar-refractivity contribution is 0.0832. The lowest BCUT2D eigenvalue weighted by Gasteiger charge is -2.06. The van der Waals surface area contributed by atoms with Crippen LogP contribution in [-0.4, -0.2) is 29.9 Å². The molecule has 0 aromatic carbocycles. The van der Waals surface area contributed by atoms with E-state index in [1.165, 1.54) is 16.2 Å². The van der Waals surface area contributed by atoms with Crippen molar-refractivity contribution in [2.24, 2.45) is 0 Å². The summed E-state index contributed by atoms with van der Waals surface area (Å²) < 4.78 is 4.96. The van der Waals surface area contributed by atoms with Gasteiger partial charge in [0.15, 0.2) is 0 Å². The molecule has 0 saturated carbocycles. The van der Waals surface area contributed by atoms with Crippen molar-refractivity contribution in [2.45, 2.75) is 0 Å². The maximum absolute atomic E-state index is 11.6. The molecule has 0 N–H and O–H groups in total. The smallest absolute Gasteiger partial charge is 0.265 e. The number of aromatic nitrogens is 1. The quantitative estimate of drug-likeness (QED) is 0.781. The van der Waals surface area contributed by atoms with Crippen molar-refractivity contribution in [3.8, 4) is 10.6 Å². The van der Waals surface area contributed by atoms with Gasteiger partial charge in [0.1, 0.15) is 16.1 Å². The third-order valence-electron chi connectivity index (χ3n) is 1.89. The third-order valence-corrected chi connectivity index (χ3v) is 2.93. The topological polar surface area (TPSA) is 46.3 Å². The molecule has 0 bridgehead atoms. The van der Waals surface area contributed by atoms with Crippen LogP contribution in [0, 0.1) is 0 Å². The second kappa shape index (κ2) is 3.86. The summed E-state index contributed by atoms with van der Waals surface area (Å²) in [6.07, 6.45) is 4.79. The molecule has 4 nitrogen and oxygen atoms in total. The largest absolute Gasteiger partial charge is 0.472 e. The molecule has 0 aliphatic rings. The van der Waals surface area contributed by atoms with Gasteiger partial charge in [0, 0.05) is 19.7 Å². The molecule has 0 radical (unpaired) electrons. The molecule has 0 fully saturated rings. The van der Waals surface area contributed by atoms with Crippen molar-refractivity contribution >= 4 is 17.2 Å². The predicted molar refractivity (Wildman–Crippen MR) is 57.8 cm³/mol. The molecular weight excluding hydrogens is 212 g/mol. The summed E-state index contributed by atoms with van der Waals surface area (Å²) in [7, 11) is 3.44. The first-order valence-electron chi connectivity index (χ1n) is 4.38. The summed E-state index contributed by atoms with van der Waals surface area (Å²) in [5, 5.41) is 0.800. The first kappa shape index (κ1) is 9.92. The van der Waals surface area contributed by atoms with Crippen LogP contribution in [0.15, 0.2) is 29.2 Å². The van der Waals surface area contributed by atoms with Crippen molar-refractivity contribution in [3.63, 3.8) is 0 Å². The van der Waals surface area contributed by atoms with E-state index in [1.54, 1.807) is 32.8 Å². The van der Waals surface area contributed by atoms with Crippen LogP contribution in [0.2, 0.25) is 0 Å². The fourth-order valence-corrected chi connectivity index (χ4v) is 2.04. The maximum atomic E-state index is 11.6. The van der Waals surface area contributed by atoms with E-state index in [9.17, 15) is 4.79 Å². The van der Waals surface area contributed by atoms with E-state index in [4.69, 9.17) is 4.42 Å². The summed E-state index contributed by atoms with van der Waals surface area (Å²) in [5.74, 6) is -0.0257. The molecular formula is C10H10N2O2S. The Kier molecular flexibility index (Phi) is 2.55. The number of amides is 1. The van der Waals surface area contributed by atoms with Gasteiger partial charge in [0.25, 0.3) is 5.91 Å². The lowest BCUT2D eigenvalue weighted by Crippen LogP contribution is -2.20. The zero-order chi connectivity index (χ0) is 10.8. The second-order valence-corrected chi connectivity index (χ2v) is 4.27. The van der Waals surface area contributed by atoms with E-state index < -0.39 is 0 Å². The Hall–Kier alpha value is -1.62. The molecule has 5 heteroatoms. The van der Waals surface area contributed by atoms with Crippen molar-refractivity contribution in [1.82, 2.24) is 9.88 Å². The molecule has 2 rings (SSSR count). The van der Waals surface area contributed by atoms with Gasteiger partial charge in [0.05, 0.1) is 12.5 Å². The third kappa shape index (κ3) is 1.92. The van der Waals surface area contributed by atoms with Gasteiger partial charge < -0.3 is 9.32 Å². The minimum absolute atomic E-state index is 0.0257. The van der Waals surface area contributed by atoms with Gasteiger partial charge >= 0.3 is 0 Å². The number of furan rings is 1. The van der Waals surface area contributed by atoms with Crippen LogP contribution in [0.3, 0.4) is 0 Å². The number of hydrogen-bond donors (Lipinski definition) is 0. The molecule has 15 heavy (non-hydrogen) atoms. The van der Waals surface area contributed by atoms with Crippen molar-refractivity contribution in [3.05, 3.63) is 29.7 Å². The molecule has 1 amide bonds. The minimum atomic E-state index is -0.0257. The molecule has 0 unspecified atom stereocenters. The molecule has 0 spiro atoms. The minimum Gasteiger partial charge on any atom is -0.472 e. The van der Waals surface area contributed by atoms with E-state index in [0.29, 0.717) is 4.88 Å². The Balaban J connectivity index is 2.29.